The Morgan fingerprint density at radius 1 is 0.974 bits per heavy atom. The lowest BCUT2D eigenvalue weighted by atomic mass is 10.00. The van der Waals surface area contributed by atoms with E-state index < -0.39 is 29.7 Å². The zero-order valence-electron chi connectivity index (χ0n) is 21.4. The van der Waals surface area contributed by atoms with Crippen molar-refractivity contribution in [2.24, 2.45) is 0 Å². The lowest BCUT2D eigenvalue weighted by Gasteiger charge is -2.24. The average molecular weight is 520 g/mol. The van der Waals surface area contributed by atoms with E-state index in [1.54, 1.807) is 6.92 Å². The summed E-state index contributed by atoms with van der Waals surface area (Å²) in [5.74, 6) is -1.72. The number of oxazole rings is 1. The van der Waals surface area contributed by atoms with Crippen LogP contribution in [0.15, 0.2) is 77.2 Å². The maximum absolute atomic E-state index is 13.9. The molecule has 0 saturated heterocycles. The predicted octanol–water partition coefficient (Wildman–Crippen LogP) is 4.98. The molecule has 4 aromatic rings. The van der Waals surface area contributed by atoms with Gasteiger partial charge in [-0.3, -0.25) is 4.79 Å². The lowest BCUT2D eigenvalue weighted by Crippen LogP contribution is -2.48. The molecule has 0 saturated carbocycles. The minimum atomic E-state index is -1.06. The van der Waals surface area contributed by atoms with Gasteiger partial charge in [-0.1, -0.05) is 49.4 Å². The summed E-state index contributed by atoms with van der Waals surface area (Å²) >= 11 is 0. The van der Waals surface area contributed by atoms with Crippen molar-refractivity contribution in [2.75, 3.05) is 6.54 Å². The molecule has 1 heterocycles. The number of aryl methyl sites for hydroxylation is 2. The quantitative estimate of drug-likeness (QED) is 0.260. The van der Waals surface area contributed by atoms with E-state index in [0.717, 1.165) is 23.6 Å². The van der Waals surface area contributed by atoms with Gasteiger partial charge < -0.3 is 20.2 Å². The van der Waals surface area contributed by atoms with E-state index in [1.807, 2.05) is 42.5 Å². The van der Waals surface area contributed by atoms with Gasteiger partial charge in [0.1, 0.15) is 11.6 Å². The maximum atomic E-state index is 13.9. The van der Waals surface area contributed by atoms with Gasteiger partial charge in [-0.15, -0.1) is 0 Å². The van der Waals surface area contributed by atoms with E-state index in [0.29, 0.717) is 23.7 Å². The Morgan fingerprint density at radius 2 is 1.68 bits per heavy atom. The number of hydrogen-bond acceptors (Lipinski definition) is 5. The maximum Gasteiger partial charge on any atom is 0.289 e. The predicted molar refractivity (Wildman–Crippen MR) is 142 cm³/mol. The highest BCUT2D eigenvalue weighted by Crippen LogP contribution is 2.22. The first kappa shape index (κ1) is 27.2. The van der Waals surface area contributed by atoms with Crippen molar-refractivity contribution in [1.82, 2.24) is 15.6 Å². The van der Waals surface area contributed by atoms with E-state index >= 15 is 0 Å². The first-order chi connectivity index (χ1) is 18.3. The second-order valence-electron chi connectivity index (χ2n) is 9.23. The summed E-state index contributed by atoms with van der Waals surface area (Å²) in [6.45, 7) is 4.40. The molecule has 0 aliphatic carbocycles. The highest BCUT2D eigenvalue weighted by Gasteiger charge is 2.26. The molecule has 198 valence electrons. The third kappa shape index (κ3) is 7.12. The van der Waals surface area contributed by atoms with E-state index in [4.69, 9.17) is 4.42 Å². The van der Waals surface area contributed by atoms with Crippen LogP contribution >= 0.6 is 0 Å². The number of nitrogens with zero attached hydrogens (tertiary/aromatic N) is 1. The van der Waals surface area contributed by atoms with Crippen molar-refractivity contribution in [2.45, 2.75) is 45.4 Å². The molecule has 1 aromatic heterocycles. The highest BCUT2D eigenvalue weighted by atomic mass is 19.1. The summed E-state index contributed by atoms with van der Waals surface area (Å²) in [6.07, 6.45) is -0.133. The van der Waals surface area contributed by atoms with Gasteiger partial charge in [0, 0.05) is 24.7 Å². The molecule has 0 unspecified atom stereocenters. The Bertz CT molecular complexity index is 1350. The van der Waals surface area contributed by atoms with Crippen molar-refractivity contribution in [3.8, 4) is 11.5 Å². The summed E-state index contributed by atoms with van der Waals surface area (Å²) in [5.41, 5.74) is 3.69. The summed E-state index contributed by atoms with van der Waals surface area (Å²) < 4.78 is 33.5. The van der Waals surface area contributed by atoms with Crippen LogP contribution in [0.1, 0.15) is 39.9 Å². The van der Waals surface area contributed by atoms with Crippen LogP contribution in [0.5, 0.6) is 0 Å². The monoisotopic (exact) mass is 519 g/mol. The van der Waals surface area contributed by atoms with Gasteiger partial charge in [-0.25, -0.2) is 13.8 Å². The minimum Gasteiger partial charge on any atom is -0.431 e. The van der Waals surface area contributed by atoms with Gasteiger partial charge in [0.15, 0.2) is 0 Å². The van der Waals surface area contributed by atoms with Crippen LogP contribution in [0, 0.1) is 18.6 Å². The number of amides is 1. The number of aliphatic hydroxyl groups is 1. The Hall–Kier alpha value is -3.88. The third-order valence-corrected chi connectivity index (χ3v) is 6.26. The number of benzene rings is 3. The Kier molecular flexibility index (Phi) is 8.99. The molecule has 0 bridgehead atoms. The number of aliphatic hydroxyl groups excluding tert-OH is 1. The first-order valence-corrected chi connectivity index (χ1v) is 12.6. The standard InChI is InChI=1S/C30H31F2N3O3/c1-3-20-8-7-9-21(12-20)17-33-18-27(36)26(15-22-13-24(31)16-25(32)14-22)35-29(37)28-19(2)34-30(38-28)23-10-5-4-6-11-23/h4-14,16,26-27,33,36H,3,15,17-18H2,1-2H3,(H,35,37)/t26-,27+/m1/s1. The lowest BCUT2D eigenvalue weighted by molar-refractivity contribution is 0.0804. The smallest absolute Gasteiger partial charge is 0.289 e. The molecule has 4 rings (SSSR count). The van der Waals surface area contributed by atoms with Crippen molar-refractivity contribution in [3.63, 3.8) is 0 Å². The number of aromatic nitrogens is 1. The van der Waals surface area contributed by atoms with E-state index in [9.17, 15) is 18.7 Å². The molecule has 1 amide bonds. The molecule has 0 aliphatic rings. The van der Waals surface area contributed by atoms with Crippen molar-refractivity contribution in [1.29, 1.82) is 0 Å². The van der Waals surface area contributed by atoms with Crippen LogP contribution in [0.2, 0.25) is 0 Å². The fourth-order valence-corrected chi connectivity index (χ4v) is 4.28. The number of carbonyl (C=O) groups excluding carboxylic acids is 1. The van der Waals surface area contributed by atoms with Crippen molar-refractivity contribution in [3.05, 3.63) is 113 Å². The molecule has 3 N–H and O–H groups in total. The largest absolute Gasteiger partial charge is 0.431 e. The number of carbonyl (C=O) groups is 1. The van der Waals surface area contributed by atoms with Gasteiger partial charge >= 0.3 is 0 Å². The SMILES string of the molecule is CCc1cccc(CNC[C@H](O)[C@@H](Cc2cc(F)cc(F)c2)NC(=O)c2oc(-c3ccccc3)nc2C)c1. The second kappa shape index (κ2) is 12.6. The van der Waals surface area contributed by atoms with Gasteiger partial charge in [-0.05, 0) is 60.7 Å². The summed E-state index contributed by atoms with van der Waals surface area (Å²) in [5, 5.41) is 17.0. The molecule has 0 radical (unpaired) electrons. The fourth-order valence-electron chi connectivity index (χ4n) is 4.28. The molecule has 2 atom stereocenters. The van der Waals surface area contributed by atoms with Gasteiger partial charge in [-0.2, -0.15) is 0 Å². The van der Waals surface area contributed by atoms with Crippen molar-refractivity contribution >= 4 is 5.91 Å². The van der Waals surface area contributed by atoms with Gasteiger partial charge in [0.05, 0.1) is 17.8 Å². The third-order valence-electron chi connectivity index (χ3n) is 6.26. The molecule has 38 heavy (non-hydrogen) atoms. The van der Waals surface area contributed by atoms with Crippen LogP contribution in [-0.2, 0) is 19.4 Å². The van der Waals surface area contributed by atoms with Gasteiger partial charge in [0.2, 0.25) is 11.7 Å². The number of halogens is 2. The average Bonchev–Trinajstić information content (AvgIpc) is 3.30. The van der Waals surface area contributed by atoms with Crippen LogP contribution in [0.25, 0.3) is 11.5 Å². The molecular formula is C30H31F2N3O3. The normalized spacial score (nSPS) is 12.8. The molecule has 3 aromatic carbocycles. The number of nitrogens with one attached hydrogen (secondary N) is 2. The minimum absolute atomic E-state index is 0.00726. The zero-order valence-corrected chi connectivity index (χ0v) is 21.4. The molecule has 0 spiro atoms. The van der Waals surface area contributed by atoms with Crippen LogP contribution in [-0.4, -0.2) is 34.7 Å². The van der Waals surface area contributed by atoms with E-state index in [-0.39, 0.29) is 18.7 Å². The molecular weight excluding hydrogens is 488 g/mol. The molecule has 6 nitrogen and oxygen atoms in total. The summed E-state index contributed by atoms with van der Waals surface area (Å²) in [7, 11) is 0. The molecule has 8 heteroatoms. The molecule has 0 aliphatic heterocycles. The van der Waals surface area contributed by atoms with Gasteiger partial charge in [0.25, 0.3) is 5.91 Å². The fraction of sp³-hybridized carbons (Fsp3) is 0.267. The Morgan fingerprint density at radius 3 is 2.39 bits per heavy atom. The first-order valence-electron chi connectivity index (χ1n) is 12.6. The molecule has 0 fully saturated rings. The highest BCUT2D eigenvalue weighted by molar-refractivity contribution is 5.93. The van der Waals surface area contributed by atoms with Crippen molar-refractivity contribution < 1.29 is 23.1 Å². The van der Waals surface area contributed by atoms with E-state index in [1.165, 1.54) is 17.7 Å². The van der Waals surface area contributed by atoms with Crippen LogP contribution in [0.3, 0.4) is 0 Å². The summed E-state index contributed by atoms with van der Waals surface area (Å²) in [6, 6.07) is 19.6. The Balaban J connectivity index is 1.49. The van der Waals surface area contributed by atoms with Crippen LogP contribution < -0.4 is 10.6 Å². The number of rotatable bonds is 11. The Labute approximate surface area is 220 Å². The second-order valence-corrected chi connectivity index (χ2v) is 9.23. The van der Waals surface area contributed by atoms with E-state index in [2.05, 4.69) is 34.7 Å². The summed E-state index contributed by atoms with van der Waals surface area (Å²) in [4.78, 5) is 17.5. The zero-order chi connectivity index (χ0) is 27.1. The van der Waals surface area contributed by atoms with Crippen LogP contribution in [0.4, 0.5) is 8.78 Å². The topological polar surface area (TPSA) is 87.4 Å². The number of hydrogen-bond donors (Lipinski definition) is 3.